The normalized spacial score (nSPS) is 18.4. The van der Waals surface area contributed by atoms with Crippen molar-refractivity contribution in [3.63, 3.8) is 0 Å². The summed E-state index contributed by atoms with van der Waals surface area (Å²) in [5.41, 5.74) is 4.47. The van der Waals surface area contributed by atoms with Gasteiger partial charge in [-0.25, -0.2) is 4.79 Å². The molecule has 2 amide bonds. The number of urea groups is 1. The number of carboxylic acid groups (broad SMARTS) is 1. The van der Waals surface area contributed by atoms with Crippen LogP contribution < -0.4 is 16.4 Å². The molecular formula is C11H21N3O3. The van der Waals surface area contributed by atoms with E-state index in [2.05, 4.69) is 10.6 Å². The van der Waals surface area contributed by atoms with E-state index in [0.29, 0.717) is 25.9 Å². The topological polar surface area (TPSA) is 104 Å². The summed E-state index contributed by atoms with van der Waals surface area (Å²) in [6.07, 6.45) is 4.18. The van der Waals surface area contributed by atoms with E-state index in [1.165, 1.54) is 0 Å². The van der Waals surface area contributed by atoms with E-state index in [0.717, 1.165) is 19.3 Å². The van der Waals surface area contributed by atoms with Gasteiger partial charge in [0.2, 0.25) is 0 Å². The van der Waals surface area contributed by atoms with Gasteiger partial charge < -0.3 is 21.5 Å². The van der Waals surface area contributed by atoms with Crippen molar-refractivity contribution in [1.29, 1.82) is 0 Å². The maximum atomic E-state index is 11.3. The Bertz CT molecular complexity index is 275. The third kappa shape index (κ3) is 3.89. The van der Waals surface area contributed by atoms with Crippen LogP contribution in [0.5, 0.6) is 0 Å². The number of carbonyl (C=O) groups excluding carboxylic acids is 1. The van der Waals surface area contributed by atoms with E-state index in [1.807, 2.05) is 0 Å². The van der Waals surface area contributed by atoms with E-state index in [-0.39, 0.29) is 12.6 Å². The largest absolute Gasteiger partial charge is 0.481 e. The Morgan fingerprint density at radius 2 is 1.82 bits per heavy atom. The molecule has 1 aliphatic rings. The van der Waals surface area contributed by atoms with E-state index in [1.54, 1.807) is 0 Å². The minimum absolute atomic E-state index is 0.193. The summed E-state index contributed by atoms with van der Waals surface area (Å²) in [6, 6.07) is -0.346. The average molecular weight is 243 g/mol. The van der Waals surface area contributed by atoms with Crippen LogP contribution in [0.15, 0.2) is 0 Å². The van der Waals surface area contributed by atoms with Gasteiger partial charge in [0.1, 0.15) is 0 Å². The van der Waals surface area contributed by atoms with Gasteiger partial charge in [-0.3, -0.25) is 4.79 Å². The predicted octanol–water partition coefficient (Wildman–Crippen LogP) is 0.279. The van der Waals surface area contributed by atoms with Crippen LogP contribution in [-0.2, 0) is 4.79 Å². The van der Waals surface area contributed by atoms with Gasteiger partial charge in [-0.05, 0) is 12.8 Å². The van der Waals surface area contributed by atoms with Crippen molar-refractivity contribution >= 4 is 12.0 Å². The fourth-order valence-corrected chi connectivity index (χ4v) is 2.19. The van der Waals surface area contributed by atoms with Crippen molar-refractivity contribution in [3.05, 3.63) is 0 Å². The summed E-state index contributed by atoms with van der Waals surface area (Å²) in [6.45, 7) is 0.960. The number of hydrogen-bond donors (Lipinski definition) is 4. The molecule has 6 heteroatoms. The van der Waals surface area contributed by atoms with Gasteiger partial charge in [0.05, 0.1) is 5.41 Å². The lowest BCUT2D eigenvalue weighted by atomic mass is 9.74. The summed E-state index contributed by atoms with van der Waals surface area (Å²) < 4.78 is 0. The van der Waals surface area contributed by atoms with Gasteiger partial charge in [0.15, 0.2) is 0 Å². The fraction of sp³-hybridized carbons (Fsp3) is 0.818. The Kier molecular flexibility index (Phi) is 5.21. The molecule has 1 fully saturated rings. The maximum absolute atomic E-state index is 11.3. The van der Waals surface area contributed by atoms with Gasteiger partial charge in [-0.2, -0.15) is 0 Å². The summed E-state index contributed by atoms with van der Waals surface area (Å²) in [4.78, 5) is 22.6. The zero-order valence-corrected chi connectivity index (χ0v) is 10.00. The highest BCUT2D eigenvalue weighted by Crippen LogP contribution is 2.35. The van der Waals surface area contributed by atoms with Gasteiger partial charge in [0.25, 0.3) is 0 Å². The molecule has 0 heterocycles. The molecule has 0 aliphatic heterocycles. The van der Waals surface area contributed by atoms with Crippen molar-refractivity contribution in [2.75, 3.05) is 19.6 Å². The second-order valence-electron chi connectivity index (χ2n) is 4.54. The third-order valence-corrected chi connectivity index (χ3v) is 3.28. The Balaban J connectivity index is 2.44. The molecule has 6 nitrogen and oxygen atoms in total. The Morgan fingerprint density at radius 3 is 2.35 bits per heavy atom. The second kappa shape index (κ2) is 6.44. The van der Waals surface area contributed by atoms with Crippen molar-refractivity contribution in [2.24, 2.45) is 11.1 Å². The van der Waals surface area contributed by atoms with E-state index >= 15 is 0 Å². The smallest absolute Gasteiger partial charge is 0.314 e. The zero-order chi connectivity index (χ0) is 12.7. The maximum Gasteiger partial charge on any atom is 0.314 e. The standard InChI is InChI=1S/C11H21N3O3/c12-6-7-13-10(17)14-8-11(9(15)16)4-2-1-3-5-11/h1-8,12H2,(H,15,16)(H2,13,14,17). The summed E-state index contributed by atoms with van der Waals surface area (Å²) in [5, 5.41) is 14.5. The average Bonchev–Trinajstić information content (AvgIpc) is 2.34. The van der Waals surface area contributed by atoms with Crippen molar-refractivity contribution in [2.45, 2.75) is 32.1 Å². The molecule has 1 saturated carbocycles. The molecule has 98 valence electrons. The number of aliphatic carboxylic acids is 1. The Morgan fingerprint density at radius 1 is 1.18 bits per heavy atom. The molecule has 0 unspecified atom stereocenters. The highest BCUT2D eigenvalue weighted by Gasteiger charge is 2.39. The Hall–Kier alpha value is -1.30. The Labute approximate surface area is 101 Å². The zero-order valence-electron chi connectivity index (χ0n) is 10.00. The molecule has 0 radical (unpaired) electrons. The van der Waals surface area contributed by atoms with Crippen LogP contribution >= 0.6 is 0 Å². The molecule has 0 atom stereocenters. The number of nitrogens with two attached hydrogens (primary N) is 1. The first kappa shape index (κ1) is 13.8. The first-order chi connectivity index (χ1) is 8.10. The molecule has 5 N–H and O–H groups in total. The van der Waals surface area contributed by atoms with Crippen LogP contribution in [0.4, 0.5) is 4.79 Å². The lowest BCUT2D eigenvalue weighted by Gasteiger charge is -2.33. The van der Waals surface area contributed by atoms with Gasteiger partial charge in [0, 0.05) is 19.6 Å². The van der Waals surface area contributed by atoms with Crippen LogP contribution in [0.2, 0.25) is 0 Å². The lowest BCUT2D eigenvalue weighted by molar-refractivity contribution is -0.150. The number of rotatable bonds is 5. The van der Waals surface area contributed by atoms with Crippen LogP contribution in [0.25, 0.3) is 0 Å². The van der Waals surface area contributed by atoms with Crippen LogP contribution in [0.3, 0.4) is 0 Å². The first-order valence-corrected chi connectivity index (χ1v) is 6.06. The number of hydrogen-bond acceptors (Lipinski definition) is 3. The number of amides is 2. The number of carbonyl (C=O) groups is 2. The lowest BCUT2D eigenvalue weighted by Crippen LogP contribution is -2.47. The van der Waals surface area contributed by atoms with Crippen molar-refractivity contribution < 1.29 is 14.7 Å². The van der Waals surface area contributed by atoms with Gasteiger partial charge in [-0.15, -0.1) is 0 Å². The van der Waals surface area contributed by atoms with Gasteiger partial charge >= 0.3 is 12.0 Å². The van der Waals surface area contributed by atoms with Crippen LogP contribution in [-0.4, -0.2) is 36.7 Å². The quantitative estimate of drug-likeness (QED) is 0.556. The molecule has 0 saturated heterocycles. The van der Waals surface area contributed by atoms with Gasteiger partial charge in [-0.1, -0.05) is 19.3 Å². The molecule has 0 spiro atoms. The summed E-state index contributed by atoms with van der Waals surface area (Å²) >= 11 is 0. The second-order valence-corrected chi connectivity index (χ2v) is 4.54. The molecule has 1 rings (SSSR count). The third-order valence-electron chi connectivity index (χ3n) is 3.28. The first-order valence-electron chi connectivity index (χ1n) is 6.06. The van der Waals surface area contributed by atoms with Crippen LogP contribution in [0.1, 0.15) is 32.1 Å². The SMILES string of the molecule is NCCNC(=O)NCC1(C(=O)O)CCCCC1. The van der Waals surface area contributed by atoms with Crippen molar-refractivity contribution in [3.8, 4) is 0 Å². The molecule has 0 aromatic rings. The summed E-state index contributed by atoms with van der Waals surface area (Å²) in [7, 11) is 0. The monoisotopic (exact) mass is 243 g/mol. The fourth-order valence-electron chi connectivity index (χ4n) is 2.19. The molecule has 0 bridgehead atoms. The van der Waals surface area contributed by atoms with Crippen LogP contribution in [0, 0.1) is 5.41 Å². The van der Waals surface area contributed by atoms with Crippen molar-refractivity contribution in [1.82, 2.24) is 10.6 Å². The summed E-state index contributed by atoms with van der Waals surface area (Å²) in [5.74, 6) is -0.809. The minimum atomic E-state index is -0.809. The highest BCUT2D eigenvalue weighted by atomic mass is 16.4. The molecule has 0 aromatic carbocycles. The van der Waals surface area contributed by atoms with E-state index in [4.69, 9.17) is 5.73 Å². The molecule has 17 heavy (non-hydrogen) atoms. The predicted molar refractivity (Wildman–Crippen MR) is 63.6 cm³/mol. The minimum Gasteiger partial charge on any atom is -0.481 e. The molecular weight excluding hydrogens is 222 g/mol. The highest BCUT2D eigenvalue weighted by molar-refractivity contribution is 5.78. The van der Waals surface area contributed by atoms with E-state index < -0.39 is 11.4 Å². The number of carboxylic acids is 1. The molecule has 1 aliphatic carbocycles. The molecule has 0 aromatic heterocycles. The van der Waals surface area contributed by atoms with E-state index in [9.17, 15) is 14.7 Å². The number of nitrogens with one attached hydrogen (secondary N) is 2.